The van der Waals surface area contributed by atoms with Crippen molar-refractivity contribution in [3.8, 4) is 11.1 Å². The summed E-state index contributed by atoms with van der Waals surface area (Å²) in [6, 6.07) is 24.2. The molecule has 1 aliphatic rings. The van der Waals surface area contributed by atoms with Gasteiger partial charge in [0, 0.05) is 18.5 Å². The molecule has 3 aromatic carbocycles. The van der Waals surface area contributed by atoms with Crippen LogP contribution in [0.4, 0.5) is 4.79 Å². The third kappa shape index (κ3) is 6.18. The van der Waals surface area contributed by atoms with Gasteiger partial charge in [-0.15, -0.1) is 0 Å². The summed E-state index contributed by atoms with van der Waals surface area (Å²) in [5, 5.41) is 19.1. The van der Waals surface area contributed by atoms with Gasteiger partial charge in [0.25, 0.3) is 5.91 Å². The maximum Gasteiger partial charge on any atom is 0.407 e. The monoisotopic (exact) mass is 568 g/mol. The van der Waals surface area contributed by atoms with E-state index in [4.69, 9.17) is 9.47 Å². The standard InChI is InChI=1S/C32H32N4O6/c1-20(41-18-21-10-4-3-5-11-21)28(31(38)39)35-30(37)29-22(17-34-36(29)2)16-33-32(40)42-19-27-25-14-8-6-12-23(25)24-13-7-9-15-26(24)27/h3-15,17,20,27-28H,16,18-19H2,1-2H3,(H,33,40)(H,35,37)(H,38,39). The van der Waals surface area contributed by atoms with E-state index in [2.05, 4.69) is 27.9 Å². The summed E-state index contributed by atoms with van der Waals surface area (Å²) >= 11 is 0. The van der Waals surface area contributed by atoms with Gasteiger partial charge in [-0.25, -0.2) is 9.59 Å². The van der Waals surface area contributed by atoms with Crippen molar-refractivity contribution < 1.29 is 29.0 Å². The molecule has 0 spiro atoms. The third-order valence-corrected chi connectivity index (χ3v) is 7.37. The van der Waals surface area contributed by atoms with E-state index in [0.717, 1.165) is 27.8 Å². The Morgan fingerprint density at radius 1 is 0.952 bits per heavy atom. The highest BCUT2D eigenvalue weighted by molar-refractivity contribution is 5.96. The fourth-order valence-corrected chi connectivity index (χ4v) is 5.21. The Bertz CT molecular complexity index is 1540. The molecule has 5 rings (SSSR count). The molecule has 0 aliphatic heterocycles. The molecule has 1 heterocycles. The smallest absolute Gasteiger partial charge is 0.407 e. The van der Waals surface area contributed by atoms with Gasteiger partial charge in [-0.05, 0) is 34.7 Å². The maximum absolute atomic E-state index is 13.2. The molecule has 1 aliphatic carbocycles. The lowest BCUT2D eigenvalue weighted by atomic mass is 9.98. The Balaban J connectivity index is 1.18. The Morgan fingerprint density at radius 2 is 1.57 bits per heavy atom. The summed E-state index contributed by atoms with van der Waals surface area (Å²) in [6.07, 6.45) is -0.00951. The molecular weight excluding hydrogens is 536 g/mol. The number of rotatable bonds is 11. The lowest BCUT2D eigenvalue weighted by Crippen LogP contribution is -2.49. The lowest BCUT2D eigenvalue weighted by molar-refractivity contribution is -0.143. The van der Waals surface area contributed by atoms with Crippen molar-refractivity contribution in [1.82, 2.24) is 20.4 Å². The molecule has 1 aromatic heterocycles. The molecule has 42 heavy (non-hydrogen) atoms. The zero-order valence-corrected chi connectivity index (χ0v) is 23.3. The number of carboxylic acid groups (broad SMARTS) is 1. The van der Waals surface area contributed by atoms with Crippen LogP contribution in [0, 0.1) is 0 Å². The number of alkyl carbamates (subject to hydrolysis) is 1. The number of nitrogens with zero attached hydrogens (tertiary/aromatic N) is 2. The van der Waals surface area contributed by atoms with E-state index >= 15 is 0 Å². The predicted octanol–water partition coefficient (Wildman–Crippen LogP) is 4.25. The third-order valence-electron chi connectivity index (χ3n) is 7.37. The fraction of sp³-hybridized carbons (Fsp3) is 0.250. The second-order valence-corrected chi connectivity index (χ2v) is 10.1. The Morgan fingerprint density at radius 3 is 2.21 bits per heavy atom. The van der Waals surface area contributed by atoms with Gasteiger partial charge in [-0.2, -0.15) is 5.10 Å². The lowest BCUT2D eigenvalue weighted by Gasteiger charge is -2.22. The zero-order chi connectivity index (χ0) is 29.6. The van der Waals surface area contributed by atoms with Crippen molar-refractivity contribution in [2.75, 3.05) is 6.61 Å². The number of fused-ring (bicyclic) bond motifs is 3. The molecule has 216 valence electrons. The minimum atomic E-state index is -1.31. The Kier molecular flexibility index (Phi) is 8.63. The minimum absolute atomic E-state index is 0.0366. The van der Waals surface area contributed by atoms with Gasteiger partial charge in [0.05, 0.1) is 25.5 Å². The average molecular weight is 569 g/mol. The van der Waals surface area contributed by atoms with Crippen molar-refractivity contribution in [3.63, 3.8) is 0 Å². The van der Waals surface area contributed by atoms with Crippen LogP contribution in [-0.2, 0) is 34.5 Å². The zero-order valence-electron chi connectivity index (χ0n) is 23.3. The maximum atomic E-state index is 13.2. The summed E-state index contributed by atoms with van der Waals surface area (Å²) in [7, 11) is 1.57. The van der Waals surface area contributed by atoms with E-state index in [9.17, 15) is 19.5 Å². The second-order valence-electron chi connectivity index (χ2n) is 10.1. The van der Waals surface area contributed by atoms with Crippen LogP contribution in [-0.4, -0.2) is 51.6 Å². The first-order valence-corrected chi connectivity index (χ1v) is 13.6. The number of aliphatic carboxylic acids is 1. The minimum Gasteiger partial charge on any atom is -0.480 e. The molecule has 2 unspecified atom stereocenters. The molecule has 0 fully saturated rings. The highest BCUT2D eigenvalue weighted by Gasteiger charge is 2.31. The molecule has 0 saturated carbocycles. The average Bonchev–Trinajstić information content (AvgIpc) is 3.54. The molecule has 10 nitrogen and oxygen atoms in total. The number of carbonyl (C=O) groups is 3. The van der Waals surface area contributed by atoms with Crippen LogP contribution < -0.4 is 10.6 Å². The fourth-order valence-electron chi connectivity index (χ4n) is 5.21. The number of aryl methyl sites for hydroxylation is 1. The molecule has 4 aromatic rings. The van der Waals surface area contributed by atoms with Crippen molar-refractivity contribution >= 4 is 18.0 Å². The SMILES string of the molecule is CC(OCc1ccccc1)C(NC(=O)c1c(CNC(=O)OCC2c3ccccc3-c3ccccc32)cnn1C)C(=O)O. The summed E-state index contributed by atoms with van der Waals surface area (Å²) in [5.74, 6) is -1.96. The van der Waals surface area contributed by atoms with Crippen LogP contribution in [0.2, 0.25) is 0 Å². The number of ether oxygens (including phenoxy) is 2. The number of nitrogens with one attached hydrogen (secondary N) is 2. The molecule has 2 atom stereocenters. The van der Waals surface area contributed by atoms with Gasteiger partial charge >= 0.3 is 12.1 Å². The number of benzene rings is 3. The van der Waals surface area contributed by atoms with Gasteiger partial charge in [-0.3, -0.25) is 9.48 Å². The van der Waals surface area contributed by atoms with Crippen molar-refractivity contribution in [2.24, 2.45) is 7.05 Å². The van der Waals surface area contributed by atoms with Crippen LogP contribution in [0.5, 0.6) is 0 Å². The Labute approximate surface area is 243 Å². The molecule has 0 saturated heterocycles. The van der Waals surface area contributed by atoms with Crippen LogP contribution >= 0.6 is 0 Å². The van der Waals surface area contributed by atoms with Gasteiger partial charge in [0.1, 0.15) is 12.3 Å². The second kappa shape index (κ2) is 12.7. The van der Waals surface area contributed by atoms with Crippen molar-refractivity contribution in [1.29, 1.82) is 0 Å². The van der Waals surface area contributed by atoms with E-state index in [-0.39, 0.29) is 31.4 Å². The van der Waals surface area contributed by atoms with E-state index in [1.54, 1.807) is 14.0 Å². The predicted molar refractivity (Wildman–Crippen MR) is 155 cm³/mol. The highest BCUT2D eigenvalue weighted by Crippen LogP contribution is 2.44. The first-order chi connectivity index (χ1) is 20.3. The van der Waals surface area contributed by atoms with E-state index in [1.165, 1.54) is 10.9 Å². The molecular formula is C32H32N4O6. The number of aromatic nitrogens is 2. The van der Waals surface area contributed by atoms with Gasteiger partial charge in [0.2, 0.25) is 0 Å². The van der Waals surface area contributed by atoms with Crippen LogP contribution in [0.25, 0.3) is 11.1 Å². The number of hydrogen-bond acceptors (Lipinski definition) is 6. The molecule has 3 N–H and O–H groups in total. The van der Waals surface area contributed by atoms with E-state index in [0.29, 0.717) is 5.56 Å². The first kappa shape index (κ1) is 28.6. The summed E-state index contributed by atoms with van der Waals surface area (Å²) < 4.78 is 12.6. The molecule has 2 amide bonds. The van der Waals surface area contributed by atoms with Gasteiger partial charge < -0.3 is 25.2 Å². The molecule has 10 heteroatoms. The highest BCUT2D eigenvalue weighted by atomic mass is 16.5. The van der Waals surface area contributed by atoms with Gasteiger partial charge in [-0.1, -0.05) is 78.9 Å². The van der Waals surface area contributed by atoms with Crippen molar-refractivity contribution in [3.05, 3.63) is 113 Å². The van der Waals surface area contributed by atoms with E-state index in [1.807, 2.05) is 66.7 Å². The van der Waals surface area contributed by atoms with Gasteiger partial charge in [0.15, 0.2) is 6.04 Å². The van der Waals surface area contributed by atoms with Crippen LogP contribution in [0.15, 0.2) is 85.1 Å². The quantitative estimate of drug-likeness (QED) is 0.247. The number of amides is 2. The summed E-state index contributed by atoms with van der Waals surface area (Å²) in [6.45, 7) is 1.90. The largest absolute Gasteiger partial charge is 0.480 e. The summed E-state index contributed by atoms with van der Waals surface area (Å²) in [5.41, 5.74) is 5.88. The first-order valence-electron chi connectivity index (χ1n) is 13.6. The molecule has 0 bridgehead atoms. The van der Waals surface area contributed by atoms with Crippen LogP contribution in [0.1, 0.15) is 45.6 Å². The van der Waals surface area contributed by atoms with E-state index < -0.39 is 30.1 Å². The van der Waals surface area contributed by atoms with Crippen LogP contribution in [0.3, 0.4) is 0 Å². The number of carbonyl (C=O) groups excluding carboxylic acids is 2. The normalized spacial score (nSPS) is 13.5. The number of carboxylic acids is 1. The summed E-state index contributed by atoms with van der Waals surface area (Å²) in [4.78, 5) is 37.8. The molecule has 0 radical (unpaired) electrons. The topological polar surface area (TPSA) is 132 Å². The number of hydrogen-bond donors (Lipinski definition) is 3. The van der Waals surface area contributed by atoms with Crippen molar-refractivity contribution in [2.45, 2.75) is 38.1 Å². The Hall–Kier alpha value is -4.96.